The Morgan fingerprint density at radius 1 is 1.27 bits per heavy atom. The van der Waals surface area contributed by atoms with Gasteiger partial charge in [0.1, 0.15) is 11.5 Å². The van der Waals surface area contributed by atoms with E-state index < -0.39 is 0 Å². The Hall–Kier alpha value is -2.54. The largest absolute Gasteiger partial charge is 0.497 e. The molecule has 3 rings (SSSR count). The van der Waals surface area contributed by atoms with Crippen molar-refractivity contribution in [1.82, 2.24) is 14.5 Å². The average Bonchev–Trinajstić information content (AvgIpc) is 3.16. The van der Waals surface area contributed by atoms with Crippen LogP contribution in [0.25, 0.3) is 0 Å². The predicted molar refractivity (Wildman–Crippen MR) is 99.6 cm³/mol. The van der Waals surface area contributed by atoms with Crippen LogP contribution in [-0.4, -0.2) is 54.2 Å². The van der Waals surface area contributed by atoms with Gasteiger partial charge in [0.2, 0.25) is 5.91 Å². The molecule has 7 nitrogen and oxygen atoms in total. The highest BCUT2D eigenvalue weighted by atomic mass is 16.5. The molecule has 1 saturated heterocycles. The fourth-order valence-corrected chi connectivity index (χ4v) is 3.31. The van der Waals surface area contributed by atoms with Gasteiger partial charge in [0.15, 0.2) is 0 Å². The van der Waals surface area contributed by atoms with Gasteiger partial charge in [-0.3, -0.25) is 9.69 Å². The molecule has 2 aromatic rings. The molecule has 0 aliphatic carbocycles. The van der Waals surface area contributed by atoms with E-state index in [1.54, 1.807) is 32.4 Å². The molecule has 1 aliphatic rings. The summed E-state index contributed by atoms with van der Waals surface area (Å²) in [6.45, 7) is 3.27. The molecule has 140 valence electrons. The molecule has 0 unspecified atom stereocenters. The topological polar surface area (TPSA) is 68.6 Å². The Balaban J connectivity index is 1.47. The lowest BCUT2D eigenvalue weighted by atomic mass is 9.97. The zero-order valence-corrected chi connectivity index (χ0v) is 15.4. The van der Waals surface area contributed by atoms with Crippen LogP contribution >= 0.6 is 0 Å². The normalized spacial score (nSPS) is 15.6. The van der Waals surface area contributed by atoms with E-state index in [-0.39, 0.29) is 5.91 Å². The van der Waals surface area contributed by atoms with Crippen molar-refractivity contribution in [2.24, 2.45) is 5.92 Å². The highest BCUT2D eigenvalue weighted by Crippen LogP contribution is 2.29. The predicted octanol–water partition coefficient (Wildman–Crippen LogP) is 2.25. The Morgan fingerprint density at radius 2 is 2.08 bits per heavy atom. The first-order valence-electron chi connectivity index (χ1n) is 8.88. The number of aromatic nitrogens is 2. The monoisotopic (exact) mass is 358 g/mol. The maximum atomic E-state index is 12.4. The molecule has 1 aliphatic heterocycles. The minimum atomic E-state index is -0.0264. The molecule has 26 heavy (non-hydrogen) atoms. The number of nitrogens with one attached hydrogen (secondary N) is 1. The van der Waals surface area contributed by atoms with E-state index in [1.165, 1.54) is 0 Å². The summed E-state index contributed by atoms with van der Waals surface area (Å²) in [5.41, 5.74) is 0.660. The number of anilines is 1. The first-order valence-corrected chi connectivity index (χ1v) is 8.88. The van der Waals surface area contributed by atoms with Crippen LogP contribution in [0.1, 0.15) is 12.8 Å². The zero-order chi connectivity index (χ0) is 18.4. The Bertz CT molecular complexity index is 710. The van der Waals surface area contributed by atoms with Crippen molar-refractivity contribution >= 4 is 11.6 Å². The van der Waals surface area contributed by atoms with Crippen LogP contribution in [0.3, 0.4) is 0 Å². The lowest BCUT2D eigenvalue weighted by Crippen LogP contribution is -2.39. The smallest absolute Gasteiger partial charge is 0.238 e. The summed E-state index contributed by atoms with van der Waals surface area (Å²) >= 11 is 0. The number of hydrogen-bond donors (Lipinski definition) is 1. The quantitative estimate of drug-likeness (QED) is 0.822. The number of rotatable bonds is 7. The van der Waals surface area contributed by atoms with Gasteiger partial charge in [-0.15, -0.1) is 0 Å². The van der Waals surface area contributed by atoms with E-state index in [4.69, 9.17) is 9.47 Å². The van der Waals surface area contributed by atoms with Crippen molar-refractivity contribution in [3.05, 3.63) is 36.9 Å². The maximum Gasteiger partial charge on any atom is 0.238 e. The second kappa shape index (κ2) is 8.71. The van der Waals surface area contributed by atoms with Crippen molar-refractivity contribution in [1.29, 1.82) is 0 Å². The van der Waals surface area contributed by atoms with Crippen LogP contribution < -0.4 is 14.8 Å². The fraction of sp³-hybridized carbons (Fsp3) is 0.474. The van der Waals surface area contributed by atoms with Crippen LogP contribution in [0.4, 0.5) is 5.69 Å². The minimum Gasteiger partial charge on any atom is -0.497 e. The number of ether oxygens (including phenoxy) is 2. The van der Waals surface area contributed by atoms with Gasteiger partial charge in [0.25, 0.3) is 0 Å². The van der Waals surface area contributed by atoms with Gasteiger partial charge in [-0.1, -0.05) is 0 Å². The first kappa shape index (κ1) is 18.3. The van der Waals surface area contributed by atoms with Crippen LogP contribution in [0.5, 0.6) is 11.5 Å². The van der Waals surface area contributed by atoms with Gasteiger partial charge in [-0.05, 0) is 44.0 Å². The molecular formula is C19H26N4O3. The Morgan fingerprint density at radius 3 is 2.73 bits per heavy atom. The number of carbonyl (C=O) groups is 1. The third-order valence-corrected chi connectivity index (χ3v) is 4.79. The summed E-state index contributed by atoms with van der Waals surface area (Å²) in [6, 6.07) is 5.36. The van der Waals surface area contributed by atoms with Crippen molar-refractivity contribution in [3.8, 4) is 11.5 Å². The van der Waals surface area contributed by atoms with Gasteiger partial charge in [-0.25, -0.2) is 4.98 Å². The van der Waals surface area contributed by atoms with Crippen molar-refractivity contribution in [2.75, 3.05) is 39.2 Å². The number of piperidine rings is 1. The van der Waals surface area contributed by atoms with Crippen LogP contribution in [0.2, 0.25) is 0 Å². The van der Waals surface area contributed by atoms with E-state index >= 15 is 0 Å². The van der Waals surface area contributed by atoms with E-state index in [2.05, 4.69) is 19.8 Å². The van der Waals surface area contributed by atoms with Gasteiger partial charge in [0, 0.05) is 25.0 Å². The number of methoxy groups -OCH3 is 2. The first-order chi connectivity index (χ1) is 12.7. The van der Waals surface area contributed by atoms with Crippen molar-refractivity contribution < 1.29 is 14.3 Å². The molecule has 0 saturated carbocycles. The number of nitrogens with zero attached hydrogens (tertiary/aromatic N) is 3. The maximum absolute atomic E-state index is 12.4. The van der Waals surface area contributed by atoms with Crippen LogP contribution in [0, 0.1) is 5.92 Å². The average molecular weight is 358 g/mol. The molecule has 0 spiro atoms. The van der Waals surface area contributed by atoms with E-state index in [9.17, 15) is 4.79 Å². The fourth-order valence-electron chi connectivity index (χ4n) is 3.31. The highest BCUT2D eigenvalue weighted by Gasteiger charge is 2.21. The highest BCUT2D eigenvalue weighted by molar-refractivity contribution is 5.93. The summed E-state index contributed by atoms with van der Waals surface area (Å²) in [5.74, 6) is 1.91. The molecular weight excluding hydrogens is 332 g/mol. The minimum absolute atomic E-state index is 0.0264. The zero-order valence-electron chi connectivity index (χ0n) is 15.4. The number of likely N-dealkylation sites (tertiary alicyclic amines) is 1. The third kappa shape index (κ3) is 4.76. The number of benzene rings is 1. The van der Waals surface area contributed by atoms with Gasteiger partial charge in [-0.2, -0.15) is 0 Å². The summed E-state index contributed by atoms with van der Waals surface area (Å²) in [7, 11) is 3.18. The number of carbonyl (C=O) groups excluding carboxylic acids is 1. The molecule has 2 heterocycles. The van der Waals surface area contributed by atoms with Crippen molar-refractivity contribution in [3.63, 3.8) is 0 Å². The summed E-state index contributed by atoms with van der Waals surface area (Å²) < 4.78 is 12.6. The lowest BCUT2D eigenvalue weighted by Gasteiger charge is -2.31. The standard InChI is InChI=1S/C19H26N4O3/c1-25-16-3-4-17(18(11-16)26-2)21-19(24)13-22-8-5-15(6-9-22)12-23-10-7-20-14-23/h3-4,7,10-11,14-15H,5-6,8-9,12-13H2,1-2H3,(H,21,24). The summed E-state index contributed by atoms with van der Waals surface area (Å²) in [4.78, 5) is 18.7. The third-order valence-electron chi connectivity index (χ3n) is 4.79. The summed E-state index contributed by atoms with van der Waals surface area (Å²) in [5, 5.41) is 2.93. The Labute approximate surface area is 153 Å². The molecule has 1 amide bonds. The molecule has 0 atom stereocenters. The molecule has 1 aromatic carbocycles. The van der Waals surface area contributed by atoms with Gasteiger partial charge in [0.05, 0.1) is 32.8 Å². The van der Waals surface area contributed by atoms with E-state index in [1.807, 2.05) is 18.7 Å². The SMILES string of the molecule is COc1ccc(NC(=O)CN2CCC(Cn3ccnc3)CC2)c(OC)c1. The summed E-state index contributed by atoms with van der Waals surface area (Å²) in [6.07, 6.45) is 7.87. The molecule has 1 N–H and O–H groups in total. The van der Waals surface area contributed by atoms with Crippen molar-refractivity contribution in [2.45, 2.75) is 19.4 Å². The Kier molecular flexibility index (Phi) is 6.12. The second-order valence-electron chi connectivity index (χ2n) is 6.59. The van der Waals surface area contributed by atoms with Crippen LogP contribution in [0.15, 0.2) is 36.9 Å². The number of amides is 1. The molecule has 0 radical (unpaired) electrons. The van der Waals surface area contributed by atoms with Crippen LogP contribution in [-0.2, 0) is 11.3 Å². The van der Waals surface area contributed by atoms with Gasteiger partial charge < -0.3 is 19.4 Å². The second-order valence-corrected chi connectivity index (χ2v) is 6.59. The molecule has 7 heteroatoms. The number of hydrogen-bond acceptors (Lipinski definition) is 5. The number of imidazole rings is 1. The lowest BCUT2D eigenvalue weighted by molar-refractivity contribution is -0.117. The van der Waals surface area contributed by atoms with Gasteiger partial charge >= 0.3 is 0 Å². The molecule has 0 bridgehead atoms. The van der Waals surface area contributed by atoms with E-state index in [0.717, 1.165) is 32.5 Å². The molecule has 1 fully saturated rings. The molecule has 1 aromatic heterocycles. The van der Waals surface area contributed by atoms with E-state index in [0.29, 0.717) is 29.6 Å².